The van der Waals surface area contributed by atoms with Crippen molar-refractivity contribution in [3.8, 4) is 61.7 Å². The van der Waals surface area contributed by atoms with Gasteiger partial charge in [-0.3, -0.25) is 0 Å². The first-order valence-corrected chi connectivity index (χ1v) is 18.2. The quantitative estimate of drug-likeness (QED) is 0.182. The Morgan fingerprint density at radius 2 is 0.981 bits per heavy atom. The van der Waals surface area contributed by atoms with Gasteiger partial charge in [0.05, 0.1) is 11.6 Å². The number of nitriles is 1. The third-order valence-electron chi connectivity index (χ3n) is 10.1. The first kappa shape index (κ1) is 30.1. The van der Waals surface area contributed by atoms with Crippen LogP contribution in [0, 0.1) is 11.3 Å². The van der Waals surface area contributed by atoms with Gasteiger partial charge in [-0.1, -0.05) is 127 Å². The van der Waals surface area contributed by atoms with E-state index >= 15 is 0 Å². The molecule has 0 aliphatic carbocycles. The molecule has 3 heteroatoms. The molecule has 242 valence electrons. The van der Waals surface area contributed by atoms with Gasteiger partial charge in [-0.2, -0.15) is 5.26 Å². The SMILES string of the molecule is N#Cc1ccccc1-c1cc(-c2ccccc2)cc(-c2c(-c3cccc4oc5ccccc5c34)cccc2-c2cccc3sc4ccccc4c23)c1. The number of nitrogens with zero attached hydrogens (tertiary/aromatic N) is 1. The predicted molar refractivity (Wildman–Crippen MR) is 219 cm³/mol. The average Bonchev–Trinajstić information content (AvgIpc) is 3.79. The summed E-state index contributed by atoms with van der Waals surface area (Å²) in [7, 11) is 0. The lowest BCUT2D eigenvalue weighted by atomic mass is 9.83. The summed E-state index contributed by atoms with van der Waals surface area (Å²) in [5.41, 5.74) is 13.3. The Morgan fingerprint density at radius 1 is 0.404 bits per heavy atom. The van der Waals surface area contributed by atoms with Gasteiger partial charge in [-0.15, -0.1) is 11.3 Å². The first-order valence-electron chi connectivity index (χ1n) is 17.4. The second kappa shape index (κ2) is 12.2. The van der Waals surface area contributed by atoms with Crippen molar-refractivity contribution in [1.82, 2.24) is 0 Å². The van der Waals surface area contributed by atoms with Crippen molar-refractivity contribution >= 4 is 53.4 Å². The Bertz CT molecular complexity index is 2900. The highest BCUT2D eigenvalue weighted by molar-refractivity contribution is 7.25. The molecular formula is C49H29NOS. The molecule has 10 rings (SSSR count). The number of rotatable bonds is 5. The molecule has 8 aromatic carbocycles. The molecule has 52 heavy (non-hydrogen) atoms. The van der Waals surface area contributed by atoms with E-state index in [0.29, 0.717) is 5.56 Å². The van der Waals surface area contributed by atoms with Crippen molar-refractivity contribution < 1.29 is 4.42 Å². The Hall–Kier alpha value is -6.73. The molecule has 0 spiro atoms. The minimum atomic E-state index is 0.649. The van der Waals surface area contributed by atoms with Gasteiger partial charge in [0.1, 0.15) is 11.2 Å². The largest absolute Gasteiger partial charge is 0.456 e. The zero-order chi connectivity index (χ0) is 34.6. The second-order valence-corrected chi connectivity index (χ2v) is 14.2. The van der Waals surface area contributed by atoms with Gasteiger partial charge in [0.2, 0.25) is 0 Å². The van der Waals surface area contributed by atoms with Crippen LogP contribution in [0.15, 0.2) is 180 Å². The molecule has 0 saturated heterocycles. The van der Waals surface area contributed by atoms with E-state index < -0.39 is 0 Å². The summed E-state index contributed by atoms with van der Waals surface area (Å²) >= 11 is 1.84. The van der Waals surface area contributed by atoms with Gasteiger partial charge >= 0.3 is 0 Å². The molecule has 0 saturated carbocycles. The van der Waals surface area contributed by atoms with E-state index in [1.807, 2.05) is 47.7 Å². The van der Waals surface area contributed by atoms with Crippen molar-refractivity contribution in [2.24, 2.45) is 0 Å². The molecule has 0 fully saturated rings. The van der Waals surface area contributed by atoms with Gasteiger partial charge in [0.15, 0.2) is 0 Å². The van der Waals surface area contributed by atoms with Crippen LogP contribution in [0.2, 0.25) is 0 Å². The van der Waals surface area contributed by atoms with Crippen LogP contribution in [0.3, 0.4) is 0 Å². The lowest BCUT2D eigenvalue weighted by molar-refractivity contribution is 0.669. The van der Waals surface area contributed by atoms with E-state index in [0.717, 1.165) is 72.0 Å². The number of hydrogen-bond acceptors (Lipinski definition) is 3. The third-order valence-corrected chi connectivity index (χ3v) is 11.3. The highest BCUT2D eigenvalue weighted by atomic mass is 32.1. The zero-order valence-electron chi connectivity index (χ0n) is 28.0. The van der Waals surface area contributed by atoms with Crippen LogP contribution in [0.5, 0.6) is 0 Å². The minimum Gasteiger partial charge on any atom is -0.456 e. The fourth-order valence-electron chi connectivity index (χ4n) is 7.87. The summed E-state index contributed by atoms with van der Waals surface area (Å²) in [5.74, 6) is 0. The van der Waals surface area contributed by atoms with Crippen LogP contribution in [0.25, 0.3) is 97.7 Å². The highest BCUT2D eigenvalue weighted by Crippen LogP contribution is 2.49. The van der Waals surface area contributed by atoms with E-state index in [1.165, 1.54) is 25.7 Å². The lowest BCUT2D eigenvalue weighted by Crippen LogP contribution is -1.94. The van der Waals surface area contributed by atoms with Crippen LogP contribution in [0.1, 0.15) is 5.56 Å². The molecule has 0 aliphatic rings. The number of benzene rings is 8. The fourth-order valence-corrected chi connectivity index (χ4v) is 9.00. The molecule has 10 aromatic rings. The summed E-state index contributed by atoms with van der Waals surface area (Å²) in [6, 6.07) is 64.5. The van der Waals surface area contributed by atoms with Crippen molar-refractivity contribution in [2.45, 2.75) is 0 Å². The zero-order valence-corrected chi connectivity index (χ0v) is 28.8. The summed E-state index contributed by atoms with van der Waals surface area (Å²) in [4.78, 5) is 0. The van der Waals surface area contributed by atoms with E-state index in [2.05, 4.69) is 146 Å². The normalized spacial score (nSPS) is 11.4. The average molecular weight is 680 g/mol. The Balaban J connectivity index is 1.36. The van der Waals surface area contributed by atoms with Crippen molar-refractivity contribution in [1.29, 1.82) is 5.26 Å². The second-order valence-electron chi connectivity index (χ2n) is 13.1. The van der Waals surface area contributed by atoms with E-state index in [4.69, 9.17) is 4.42 Å². The monoisotopic (exact) mass is 679 g/mol. The topological polar surface area (TPSA) is 36.9 Å². The molecule has 0 bridgehead atoms. The Morgan fingerprint density at radius 3 is 1.83 bits per heavy atom. The highest BCUT2D eigenvalue weighted by Gasteiger charge is 2.22. The number of thiophene rings is 1. The molecule has 0 atom stereocenters. The molecule has 0 amide bonds. The van der Waals surface area contributed by atoms with Gasteiger partial charge in [-0.25, -0.2) is 0 Å². The van der Waals surface area contributed by atoms with Crippen molar-refractivity contribution in [3.05, 3.63) is 181 Å². The number of furan rings is 1. The van der Waals surface area contributed by atoms with Crippen LogP contribution in [-0.2, 0) is 0 Å². The maximum atomic E-state index is 10.2. The molecule has 0 N–H and O–H groups in total. The van der Waals surface area contributed by atoms with E-state index in [-0.39, 0.29) is 0 Å². The Labute approximate surface area is 305 Å². The van der Waals surface area contributed by atoms with Crippen LogP contribution < -0.4 is 0 Å². The lowest BCUT2D eigenvalue weighted by Gasteiger charge is -2.20. The maximum Gasteiger partial charge on any atom is 0.136 e. The van der Waals surface area contributed by atoms with Crippen LogP contribution in [-0.4, -0.2) is 0 Å². The van der Waals surface area contributed by atoms with Crippen molar-refractivity contribution in [2.75, 3.05) is 0 Å². The van der Waals surface area contributed by atoms with E-state index in [9.17, 15) is 5.26 Å². The first-order chi connectivity index (χ1) is 25.7. The predicted octanol–water partition coefficient (Wildman–Crippen LogP) is 14.2. The Kier molecular flexibility index (Phi) is 7.09. The smallest absolute Gasteiger partial charge is 0.136 e. The maximum absolute atomic E-state index is 10.2. The number of para-hydroxylation sites is 1. The number of fused-ring (bicyclic) bond motifs is 6. The van der Waals surface area contributed by atoms with Crippen molar-refractivity contribution in [3.63, 3.8) is 0 Å². The molecule has 2 nitrogen and oxygen atoms in total. The molecule has 0 aliphatic heterocycles. The molecule has 0 radical (unpaired) electrons. The fraction of sp³-hybridized carbons (Fsp3) is 0. The van der Waals surface area contributed by atoms with Crippen LogP contribution in [0.4, 0.5) is 0 Å². The number of hydrogen-bond donors (Lipinski definition) is 0. The molecular weight excluding hydrogens is 651 g/mol. The summed E-state index contributed by atoms with van der Waals surface area (Å²) < 4.78 is 8.96. The van der Waals surface area contributed by atoms with Crippen LogP contribution >= 0.6 is 11.3 Å². The minimum absolute atomic E-state index is 0.649. The molecule has 2 aromatic heterocycles. The van der Waals surface area contributed by atoms with E-state index in [1.54, 1.807) is 0 Å². The van der Waals surface area contributed by atoms with Gasteiger partial charge < -0.3 is 4.42 Å². The molecule has 0 unspecified atom stereocenters. The third kappa shape index (κ3) is 4.85. The standard InChI is InChI=1S/C49H29NOS/c50-30-32-15-4-5-16-36(32)34-27-33(31-13-2-1-3-14-31)28-35(29-34)47-37(39-21-11-24-44-48(39)41-17-6-8-23-43(41)51-44)19-10-20-38(47)40-22-12-26-46-49(40)42-18-7-9-25-45(42)52-46/h1-29H. The summed E-state index contributed by atoms with van der Waals surface area (Å²) in [6.07, 6.45) is 0. The van der Waals surface area contributed by atoms with Gasteiger partial charge in [-0.05, 0) is 104 Å². The van der Waals surface area contributed by atoms with Gasteiger partial charge in [0, 0.05) is 30.9 Å². The molecule has 2 heterocycles. The van der Waals surface area contributed by atoms with Gasteiger partial charge in [0.25, 0.3) is 0 Å². The summed E-state index contributed by atoms with van der Waals surface area (Å²) in [5, 5.41) is 14.9. The summed E-state index contributed by atoms with van der Waals surface area (Å²) in [6.45, 7) is 0.